The molecule has 0 aliphatic rings. The summed E-state index contributed by atoms with van der Waals surface area (Å²) in [5.41, 5.74) is -6.54. The molecule has 0 aromatic carbocycles. The summed E-state index contributed by atoms with van der Waals surface area (Å²) in [5.74, 6) is -7.35. The molecule has 1 unspecified atom stereocenters. The van der Waals surface area contributed by atoms with E-state index in [2.05, 4.69) is 16.1 Å². The van der Waals surface area contributed by atoms with Crippen molar-refractivity contribution < 1.29 is 76.2 Å². The van der Waals surface area contributed by atoms with Crippen LogP contribution < -0.4 is 0 Å². The topological polar surface area (TPSA) is 110 Å². The third-order valence-electron chi connectivity index (χ3n) is 3.61. The average Bonchev–Trinajstić information content (AvgIpc) is 2.54. The fourth-order valence-corrected chi connectivity index (χ4v) is 2.22. The predicted octanol–water partition coefficient (Wildman–Crippen LogP) is 2.85. The molecule has 0 spiro atoms. The molecule has 0 bridgehead atoms. The van der Waals surface area contributed by atoms with E-state index in [1.807, 2.05) is 0 Å². The third-order valence-corrected chi connectivity index (χ3v) is 4.56. The number of ether oxygens (including phenoxy) is 2. The standard InChI is InChI=1S/C13H14F10O7S/c1-6(5-29-4-3-9(14,15)13(22,23)31(26,27)28)8(24)30-7(2)10(25,11(16,17)18)12(19,20)21/h7,25H,1,3-5H2,2H3,(H,26,27,28). The lowest BCUT2D eigenvalue weighted by atomic mass is 9.96. The van der Waals surface area contributed by atoms with Crippen LogP contribution in [0.5, 0.6) is 0 Å². The van der Waals surface area contributed by atoms with Gasteiger partial charge in [0.2, 0.25) is 0 Å². The van der Waals surface area contributed by atoms with E-state index in [1.165, 1.54) is 0 Å². The number of aliphatic hydroxyl groups is 1. The second-order valence-corrected chi connectivity index (χ2v) is 7.37. The summed E-state index contributed by atoms with van der Waals surface area (Å²) >= 11 is 0. The van der Waals surface area contributed by atoms with Crippen molar-refractivity contribution >= 4 is 16.1 Å². The molecule has 0 aromatic heterocycles. The third kappa shape index (κ3) is 6.19. The Labute approximate surface area is 167 Å². The zero-order valence-corrected chi connectivity index (χ0v) is 15.8. The maximum atomic E-state index is 13.2. The van der Waals surface area contributed by atoms with Gasteiger partial charge in [0.25, 0.3) is 5.60 Å². The molecule has 0 aliphatic heterocycles. The van der Waals surface area contributed by atoms with Crippen molar-refractivity contribution in [2.75, 3.05) is 13.2 Å². The van der Waals surface area contributed by atoms with Crippen LogP contribution >= 0.6 is 0 Å². The number of hydrogen-bond donors (Lipinski definition) is 2. The van der Waals surface area contributed by atoms with Crippen LogP contribution in [0, 0.1) is 0 Å². The molecule has 0 rings (SSSR count). The molecule has 1 atom stereocenters. The average molecular weight is 504 g/mol. The van der Waals surface area contributed by atoms with Gasteiger partial charge in [0.05, 0.1) is 18.8 Å². The number of rotatable bonds is 10. The summed E-state index contributed by atoms with van der Waals surface area (Å²) in [5, 5.41) is 3.11. The fourth-order valence-electron chi connectivity index (χ4n) is 1.74. The fraction of sp³-hybridized carbons (Fsp3) is 0.769. The van der Waals surface area contributed by atoms with Crippen LogP contribution in [0.2, 0.25) is 0 Å². The number of esters is 1. The van der Waals surface area contributed by atoms with Gasteiger partial charge in [-0.25, -0.2) is 4.79 Å². The van der Waals surface area contributed by atoms with Gasteiger partial charge in [-0.05, 0) is 6.92 Å². The number of hydrogen-bond acceptors (Lipinski definition) is 6. The second kappa shape index (κ2) is 9.07. The minimum Gasteiger partial charge on any atom is -0.455 e. The Kier molecular flexibility index (Phi) is 8.58. The minimum atomic E-state index is -6.52. The van der Waals surface area contributed by atoms with Crippen molar-refractivity contribution in [1.82, 2.24) is 0 Å². The lowest BCUT2D eigenvalue weighted by Gasteiger charge is -2.36. The van der Waals surface area contributed by atoms with Crippen molar-refractivity contribution in [3.05, 3.63) is 12.2 Å². The molecule has 0 saturated heterocycles. The van der Waals surface area contributed by atoms with Crippen molar-refractivity contribution in [2.45, 2.75) is 48.6 Å². The van der Waals surface area contributed by atoms with E-state index >= 15 is 0 Å². The maximum Gasteiger partial charge on any atom is 0.431 e. The van der Waals surface area contributed by atoms with Crippen LogP contribution in [0.1, 0.15) is 13.3 Å². The minimum absolute atomic E-state index is 0.0466. The Morgan fingerprint density at radius 3 is 1.77 bits per heavy atom. The van der Waals surface area contributed by atoms with Gasteiger partial charge in [0.1, 0.15) is 6.10 Å². The van der Waals surface area contributed by atoms with Crippen LogP contribution in [-0.2, 0) is 24.4 Å². The van der Waals surface area contributed by atoms with Crippen LogP contribution in [0.15, 0.2) is 12.2 Å². The lowest BCUT2D eigenvalue weighted by molar-refractivity contribution is -0.389. The van der Waals surface area contributed by atoms with Gasteiger partial charge in [-0.15, -0.1) is 0 Å². The molecule has 2 N–H and O–H groups in total. The predicted molar refractivity (Wildman–Crippen MR) is 78.6 cm³/mol. The Morgan fingerprint density at radius 1 is 1.00 bits per heavy atom. The smallest absolute Gasteiger partial charge is 0.431 e. The Balaban J connectivity index is 4.99. The lowest BCUT2D eigenvalue weighted by Crippen LogP contribution is -2.64. The van der Waals surface area contributed by atoms with E-state index in [-0.39, 0.29) is 6.92 Å². The van der Waals surface area contributed by atoms with Crippen molar-refractivity contribution in [3.63, 3.8) is 0 Å². The van der Waals surface area contributed by atoms with Gasteiger partial charge in [-0.3, -0.25) is 4.55 Å². The molecule has 0 fully saturated rings. The van der Waals surface area contributed by atoms with Crippen LogP contribution in [0.3, 0.4) is 0 Å². The van der Waals surface area contributed by atoms with E-state index in [0.29, 0.717) is 0 Å². The summed E-state index contributed by atoms with van der Waals surface area (Å²) in [4.78, 5) is 11.5. The first-order chi connectivity index (χ1) is 13.4. The molecule has 0 saturated carbocycles. The highest BCUT2D eigenvalue weighted by molar-refractivity contribution is 7.87. The zero-order chi connectivity index (χ0) is 25.3. The van der Waals surface area contributed by atoms with E-state index in [1.54, 1.807) is 0 Å². The first-order valence-corrected chi connectivity index (χ1v) is 8.92. The van der Waals surface area contributed by atoms with Crippen LogP contribution in [0.25, 0.3) is 0 Å². The summed E-state index contributed by atoms with van der Waals surface area (Å²) in [6.45, 7) is 0.219. The molecule has 31 heavy (non-hydrogen) atoms. The van der Waals surface area contributed by atoms with Crippen LogP contribution in [-0.4, -0.2) is 72.5 Å². The van der Waals surface area contributed by atoms with Crippen molar-refractivity contribution in [3.8, 4) is 0 Å². The van der Waals surface area contributed by atoms with Crippen molar-refractivity contribution in [2.24, 2.45) is 0 Å². The normalized spacial score (nSPS) is 15.5. The molecule has 0 radical (unpaired) electrons. The quantitative estimate of drug-likeness (QED) is 0.155. The molecular weight excluding hydrogens is 490 g/mol. The van der Waals surface area contributed by atoms with Crippen LogP contribution in [0.4, 0.5) is 43.9 Å². The van der Waals surface area contributed by atoms with Gasteiger partial charge in [-0.1, -0.05) is 6.58 Å². The first-order valence-electron chi connectivity index (χ1n) is 7.48. The van der Waals surface area contributed by atoms with E-state index < -0.39 is 76.5 Å². The second-order valence-electron chi connectivity index (χ2n) is 5.91. The maximum absolute atomic E-state index is 13.2. The molecule has 184 valence electrons. The highest BCUT2D eigenvalue weighted by Gasteiger charge is 2.74. The molecule has 18 heteroatoms. The molecule has 0 aliphatic carbocycles. The molecule has 0 heterocycles. The van der Waals surface area contributed by atoms with Gasteiger partial charge in [-0.2, -0.15) is 52.3 Å². The van der Waals surface area contributed by atoms with Gasteiger partial charge in [0, 0.05) is 6.42 Å². The highest BCUT2D eigenvalue weighted by atomic mass is 32.2. The number of carbonyl (C=O) groups is 1. The van der Waals surface area contributed by atoms with E-state index in [0.717, 1.165) is 0 Å². The number of alkyl halides is 10. The van der Waals surface area contributed by atoms with Gasteiger partial charge in [0.15, 0.2) is 0 Å². The summed E-state index contributed by atoms with van der Waals surface area (Å²) < 4.78 is 165. The Hall–Kier alpha value is -1.66. The summed E-state index contributed by atoms with van der Waals surface area (Å²) in [6, 6.07) is 0. The molecular formula is C13H14F10O7S. The summed E-state index contributed by atoms with van der Waals surface area (Å²) in [6.07, 6.45) is -17.9. The SMILES string of the molecule is C=C(COCCC(F)(F)C(F)(F)S(=O)(=O)O)C(=O)OC(C)C(O)(C(F)(F)F)C(F)(F)F. The Morgan fingerprint density at radius 2 is 1.42 bits per heavy atom. The van der Waals surface area contributed by atoms with Crippen molar-refractivity contribution in [1.29, 1.82) is 0 Å². The summed E-state index contributed by atoms with van der Waals surface area (Å²) in [7, 11) is -6.52. The largest absolute Gasteiger partial charge is 0.455 e. The molecule has 7 nitrogen and oxygen atoms in total. The van der Waals surface area contributed by atoms with Gasteiger partial charge >= 0.3 is 39.6 Å². The monoisotopic (exact) mass is 504 g/mol. The highest BCUT2D eigenvalue weighted by Crippen LogP contribution is 2.46. The van der Waals surface area contributed by atoms with E-state index in [9.17, 15) is 57.1 Å². The number of carbonyl (C=O) groups excluding carboxylic acids is 1. The Bertz CT molecular complexity index is 758. The molecule has 0 aromatic rings. The van der Waals surface area contributed by atoms with E-state index in [4.69, 9.17) is 9.66 Å². The molecule has 0 amide bonds. The zero-order valence-electron chi connectivity index (χ0n) is 15.0. The first kappa shape index (κ1) is 29.3. The number of halogens is 10. The van der Waals surface area contributed by atoms with Gasteiger partial charge < -0.3 is 14.6 Å².